The van der Waals surface area contributed by atoms with Crippen molar-refractivity contribution in [2.75, 3.05) is 6.61 Å². The molecule has 0 aliphatic rings. The van der Waals surface area contributed by atoms with Crippen LogP contribution in [-0.2, 0) is 4.79 Å². The fourth-order valence-corrected chi connectivity index (χ4v) is 2.95. The van der Waals surface area contributed by atoms with Crippen LogP contribution in [0.5, 0.6) is 0 Å². The van der Waals surface area contributed by atoms with Crippen molar-refractivity contribution in [1.29, 1.82) is 0 Å². The van der Waals surface area contributed by atoms with Crippen LogP contribution in [0.3, 0.4) is 0 Å². The summed E-state index contributed by atoms with van der Waals surface area (Å²) in [6.07, 6.45) is 30.2. The zero-order valence-corrected chi connectivity index (χ0v) is 19.7. The number of aliphatic hydroxyl groups is 2. The van der Waals surface area contributed by atoms with Gasteiger partial charge in [-0.3, -0.25) is 4.79 Å². The van der Waals surface area contributed by atoms with Crippen LogP contribution < -0.4 is 5.32 Å². The van der Waals surface area contributed by atoms with Gasteiger partial charge < -0.3 is 15.5 Å². The fraction of sp³-hybridized carbons (Fsp3) is 0.593. The molecule has 0 bridgehead atoms. The molecular formula is C27H45NO3. The highest BCUT2D eigenvalue weighted by Gasteiger charge is 2.19. The molecule has 4 heteroatoms. The van der Waals surface area contributed by atoms with Crippen molar-refractivity contribution in [2.45, 2.75) is 96.6 Å². The zero-order valence-electron chi connectivity index (χ0n) is 19.7. The summed E-state index contributed by atoms with van der Waals surface area (Å²) in [7, 11) is 0. The molecule has 0 heterocycles. The Balaban J connectivity index is 3.89. The molecule has 2 atom stereocenters. The normalized spacial score (nSPS) is 14.6. The highest BCUT2D eigenvalue weighted by atomic mass is 16.3. The van der Waals surface area contributed by atoms with Crippen LogP contribution in [0.25, 0.3) is 0 Å². The minimum Gasteiger partial charge on any atom is -0.394 e. The number of rotatable bonds is 19. The van der Waals surface area contributed by atoms with Crippen molar-refractivity contribution in [3.8, 4) is 0 Å². The predicted molar refractivity (Wildman–Crippen MR) is 133 cm³/mol. The van der Waals surface area contributed by atoms with Crippen molar-refractivity contribution in [2.24, 2.45) is 0 Å². The molecule has 176 valence electrons. The van der Waals surface area contributed by atoms with E-state index in [1.54, 1.807) is 0 Å². The first-order chi connectivity index (χ1) is 15.2. The Morgan fingerprint density at radius 3 is 1.77 bits per heavy atom. The molecule has 0 aromatic rings. The largest absolute Gasteiger partial charge is 0.394 e. The van der Waals surface area contributed by atoms with E-state index < -0.39 is 12.1 Å². The van der Waals surface area contributed by atoms with E-state index in [2.05, 4.69) is 67.8 Å². The second-order valence-electron chi connectivity index (χ2n) is 7.69. The van der Waals surface area contributed by atoms with Gasteiger partial charge in [-0.2, -0.15) is 0 Å². The molecule has 0 aliphatic carbocycles. The molecule has 0 fully saturated rings. The standard InChI is InChI=1S/C27H45NO3/c1-3-5-7-9-10-11-12-13-14-15-16-17-18-19-21-23-27(31)28-25(24-29)26(30)22-20-8-6-4-2/h5,7,10-11,13-14,16-17,19,21,25-26,29-30H,3-4,6,8-9,12,15,18,20,22-24H2,1-2H3,(H,28,31)/b7-5-,11-10-,14-13-,17-16-,21-19-. The van der Waals surface area contributed by atoms with Crippen LogP contribution in [0.1, 0.15) is 84.5 Å². The Morgan fingerprint density at radius 1 is 0.774 bits per heavy atom. The maximum atomic E-state index is 12.0. The summed E-state index contributed by atoms with van der Waals surface area (Å²) in [5.74, 6) is -0.173. The Kier molecular flexibility index (Phi) is 21.4. The number of nitrogens with one attached hydrogen (secondary N) is 1. The third-order valence-electron chi connectivity index (χ3n) is 4.82. The lowest BCUT2D eigenvalue weighted by atomic mass is 10.0. The summed E-state index contributed by atoms with van der Waals surface area (Å²) in [6.45, 7) is 4.04. The lowest BCUT2D eigenvalue weighted by Crippen LogP contribution is -2.45. The number of hydrogen-bond acceptors (Lipinski definition) is 3. The second-order valence-corrected chi connectivity index (χ2v) is 7.69. The molecule has 0 radical (unpaired) electrons. The number of unbranched alkanes of at least 4 members (excludes halogenated alkanes) is 3. The number of aliphatic hydroxyl groups excluding tert-OH is 2. The van der Waals surface area contributed by atoms with E-state index in [0.717, 1.165) is 57.8 Å². The van der Waals surface area contributed by atoms with Gasteiger partial charge in [0.05, 0.1) is 18.8 Å². The molecule has 2 unspecified atom stereocenters. The molecule has 4 nitrogen and oxygen atoms in total. The highest BCUT2D eigenvalue weighted by molar-refractivity contribution is 5.77. The van der Waals surface area contributed by atoms with E-state index in [9.17, 15) is 15.0 Å². The summed E-state index contributed by atoms with van der Waals surface area (Å²) < 4.78 is 0. The van der Waals surface area contributed by atoms with E-state index in [4.69, 9.17) is 0 Å². The first-order valence-electron chi connectivity index (χ1n) is 12.0. The molecule has 0 saturated heterocycles. The number of allylic oxidation sites excluding steroid dienone is 9. The predicted octanol–water partition coefficient (Wildman–Crippen LogP) is 5.94. The SMILES string of the molecule is CC/C=C\C/C=C\C/C=C\C/C=C\C/C=C\CC(=O)NC(CO)C(O)CCCCCC. The number of amides is 1. The molecule has 31 heavy (non-hydrogen) atoms. The van der Waals surface area contributed by atoms with Gasteiger partial charge in [-0.05, 0) is 38.5 Å². The highest BCUT2D eigenvalue weighted by Crippen LogP contribution is 2.08. The Labute approximate surface area is 190 Å². The van der Waals surface area contributed by atoms with Crippen LogP contribution in [0.15, 0.2) is 60.8 Å². The topological polar surface area (TPSA) is 69.6 Å². The monoisotopic (exact) mass is 431 g/mol. The van der Waals surface area contributed by atoms with Gasteiger partial charge >= 0.3 is 0 Å². The van der Waals surface area contributed by atoms with Crippen molar-refractivity contribution < 1.29 is 15.0 Å². The molecule has 1 amide bonds. The quantitative estimate of drug-likeness (QED) is 0.175. The maximum absolute atomic E-state index is 12.0. The van der Waals surface area contributed by atoms with Crippen LogP contribution in [0.2, 0.25) is 0 Å². The van der Waals surface area contributed by atoms with Gasteiger partial charge in [0.2, 0.25) is 5.91 Å². The summed E-state index contributed by atoms with van der Waals surface area (Å²) in [5.41, 5.74) is 0. The molecule has 0 rings (SSSR count). The smallest absolute Gasteiger partial charge is 0.224 e. The molecule has 0 aliphatic heterocycles. The summed E-state index contributed by atoms with van der Waals surface area (Å²) in [6, 6.07) is -0.586. The van der Waals surface area contributed by atoms with Crippen molar-refractivity contribution in [3.63, 3.8) is 0 Å². The van der Waals surface area contributed by atoms with Crippen LogP contribution in [0, 0.1) is 0 Å². The van der Waals surface area contributed by atoms with Crippen LogP contribution in [-0.4, -0.2) is 34.9 Å². The molecular weight excluding hydrogens is 386 g/mol. The maximum Gasteiger partial charge on any atom is 0.224 e. The molecule has 0 saturated carbocycles. The average Bonchev–Trinajstić information content (AvgIpc) is 2.77. The number of hydrogen-bond donors (Lipinski definition) is 3. The third kappa shape index (κ3) is 19.8. The minimum absolute atomic E-state index is 0.173. The molecule has 0 aromatic carbocycles. The fourth-order valence-electron chi connectivity index (χ4n) is 2.95. The van der Waals surface area contributed by atoms with Gasteiger partial charge in [0.1, 0.15) is 0 Å². The first-order valence-corrected chi connectivity index (χ1v) is 12.0. The lowest BCUT2D eigenvalue weighted by Gasteiger charge is -2.22. The number of carbonyl (C=O) groups excluding carboxylic acids is 1. The van der Waals surface area contributed by atoms with E-state index >= 15 is 0 Å². The van der Waals surface area contributed by atoms with E-state index in [0.29, 0.717) is 6.42 Å². The third-order valence-corrected chi connectivity index (χ3v) is 4.82. The van der Waals surface area contributed by atoms with Crippen molar-refractivity contribution in [1.82, 2.24) is 5.32 Å². The van der Waals surface area contributed by atoms with Gasteiger partial charge in [-0.25, -0.2) is 0 Å². The van der Waals surface area contributed by atoms with Gasteiger partial charge in [0.25, 0.3) is 0 Å². The van der Waals surface area contributed by atoms with E-state index in [1.807, 2.05) is 12.2 Å². The summed E-state index contributed by atoms with van der Waals surface area (Å²) in [4.78, 5) is 12.0. The van der Waals surface area contributed by atoms with Crippen molar-refractivity contribution >= 4 is 5.91 Å². The summed E-state index contributed by atoms with van der Waals surface area (Å²) in [5, 5.41) is 22.3. The number of carbonyl (C=O) groups is 1. The Hall–Kier alpha value is -1.91. The average molecular weight is 432 g/mol. The van der Waals surface area contributed by atoms with E-state index in [1.165, 1.54) is 0 Å². The molecule has 3 N–H and O–H groups in total. The van der Waals surface area contributed by atoms with Gasteiger partial charge in [0.15, 0.2) is 0 Å². The van der Waals surface area contributed by atoms with Crippen LogP contribution >= 0.6 is 0 Å². The van der Waals surface area contributed by atoms with Crippen LogP contribution in [0.4, 0.5) is 0 Å². The minimum atomic E-state index is -0.695. The zero-order chi connectivity index (χ0) is 23.0. The molecule has 0 spiro atoms. The Morgan fingerprint density at radius 2 is 1.29 bits per heavy atom. The van der Waals surface area contributed by atoms with Crippen molar-refractivity contribution in [3.05, 3.63) is 60.8 Å². The Bertz CT molecular complexity index is 561. The first kappa shape index (κ1) is 29.1. The molecule has 0 aromatic heterocycles. The van der Waals surface area contributed by atoms with Gasteiger partial charge in [0, 0.05) is 6.42 Å². The second kappa shape index (κ2) is 22.8. The van der Waals surface area contributed by atoms with Gasteiger partial charge in [-0.15, -0.1) is 0 Å². The van der Waals surface area contributed by atoms with E-state index in [-0.39, 0.29) is 18.9 Å². The van der Waals surface area contributed by atoms with Gasteiger partial charge in [-0.1, -0.05) is 100 Å². The lowest BCUT2D eigenvalue weighted by molar-refractivity contribution is -0.122. The summed E-state index contributed by atoms with van der Waals surface area (Å²) >= 11 is 0.